The Labute approximate surface area is 506 Å². The van der Waals surface area contributed by atoms with Crippen molar-refractivity contribution in [2.24, 2.45) is 35.5 Å². The number of aryl methyl sites for hydroxylation is 1. The van der Waals surface area contributed by atoms with E-state index in [1.54, 1.807) is 45.7 Å². The molecule has 20 nitrogen and oxygen atoms in total. The Balaban J connectivity index is 1.29. The van der Waals surface area contributed by atoms with Crippen LogP contribution in [0.1, 0.15) is 151 Å². The maximum Gasteiger partial charge on any atom is 0.329 e. The quantitative estimate of drug-likeness (QED) is 0.0485. The third-order valence-electron chi connectivity index (χ3n) is 17.6. The fraction of sp³-hybridized carbons (Fsp3) is 0.769. The van der Waals surface area contributed by atoms with Crippen LogP contribution in [0.25, 0.3) is 0 Å². The molecule has 1 amide bonds. The molecule has 4 aliphatic rings. The van der Waals surface area contributed by atoms with E-state index in [0.29, 0.717) is 110 Å². The Kier molecular flexibility index (Phi) is 30.9. The van der Waals surface area contributed by atoms with Gasteiger partial charge in [-0.25, -0.2) is 9.48 Å². The monoisotopic (exact) mass is 1200 g/mol. The average molecular weight is 1200 g/mol. The van der Waals surface area contributed by atoms with Crippen molar-refractivity contribution in [3.8, 4) is 0 Å². The van der Waals surface area contributed by atoms with Gasteiger partial charge in [0.15, 0.2) is 5.78 Å². The Hall–Kier alpha value is -4.35. The zero-order valence-corrected chi connectivity index (χ0v) is 53.0. The minimum Gasteiger partial charge on any atom is -0.460 e. The van der Waals surface area contributed by atoms with Gasteiger partial charge in [0.1, 0.15) is 30.1 Å². The summed E-state index contributed by atoms with van der Waals surface area (Å²) in [5.74, 6) is -7.99. The first-order valence-corrected chi connectivity index (χ1v) is 31.5. The third-order valence-corrected chi connectivity index (χ3v) is 17.6. The van der Waals surface area contributed by atoms with Gasteiger partial charge >= 0.3 is 5.97 Å². The predicted molar refractivity (Wildman–Crippen MR) is 320 cm³/mol. The second-order valence-corrected chi connectivity index (χ2v) is 24.3. The molecule has 1 saturated carbocycles. The van der Waals surface area contributed by atoms with Crippen LogP contribution in [0.3, 0.4) is 0 Å². The van der Waals surface area contributed by atoms with Crippen LogP contribution in [0.4, 0.5) is 0 Å². The summed E-state index contributed by atoms with van der Waals surface area (Å²) in [4.78, 5) is 73.1. The Morgan fingerprint density at radius 3 is 2.26 bits per heavy atom. The molecular formula is C65H104N4O16. The molecule has 480 valence electrons. The van der Waals surface area contributed by atoms with Crippen LogP contribution in [0.2, 0.25) is 0 Å². The van der Waals surface area contributed by atoms with E-state index >= 15 is 0 Å². The molecule has 0 unspecified atom stereocenters. The number of allylic oxidation sites excluding steroid dienone is 6. The van der Waals surface area contributed by atoms with Crippen LogP contribution >= 0.6 is 0 Å². The van der Waals surface area contributed by atoms with Gasteiger partial charge in [0.05, 0.1) is 69.7 Å². The number of ether oxygens (including phenoxy) is 9. The minimum absolute atomic E-state index is 0.00884. The van der Waals surface area contributed by atoms with Crippen molar-refractivity contribution in [3.05, 3.63) is 59.5 Å². The number of hydrogen-bond acceptors (Lipinski definition) is 18. The summed E-state index contributed by atoms with van der Waals surface area (Å²) < 4.78 is 54.8. The number of ketones is 3. The van der Waals surface area contributed by atoms with E-state index in [-0.39, 0.29) is 60.9 Å². The second-order valence-electron chi connectivity index (χ2n) is 24.3. The van der Waals surface area contributed by atoms with Gasteiger partial charge in [-0.2, -0.15) is 0 Å². The first-order valence-electron chi connectivity index (χ1n) is 31.5. The molecule has 85 heavy (non-hydrogen) atoms. The first kappa shape index (κ1) is 71.4. The van der Waals surface area contributed by atoms with E-state index in [1.807, 2.05) is 71.2 Å². The SMILES string of the molecule is CCOCCOCCOCCn1cc(CCCCO[C@@H]2CC[C@@H](C[C@@H](C)[C@@H]3CC(=O)[C@H](C)/C=C(\C)[C@@H](O)[C@@H](OC)C(=O)[C@H](C)C[C@H](C)/C=C/C=C/C=C(\C)[C@@H](OC)C[C@@H]4CC[C@@H](C)[C@@](O)(O4)C(=O)C(=O)N4CCCC[C@H]4C(=O)O3)C[C@H]2OC)nn1. The molecule has 0 spiro atoms. The number of cyclic esters (lactones) is 1. The molecule has 20 heteroatoms. The van der Waals surface area contributed by atoms with Gasteiger partial charge in [-0.05, 0) is 133 Å². The van der Waals surface area contributed by atoms with E-state index in [9.17, 15) is 34.2 Å². The molecule has 1 aromatic rings. The van der Waals surface area contributed by atoms with Gasteiger partial charge in [0, 0.05) is 77.9 Å². The zero-order valence-electron chi connectivity index (χ0n) is 53.0. The summed E-state index contributed by atoms with van der Waals surface area (Å²) in [5.41, 5.74) is 2.18. The Morgan fingerprint density at radius 2 is 1.54 bits per heavy atom. The van der Waals surface area contributed by atoms with Crippen LogP contribution in [-0.2, 0) is 79.6 Å². The molecule has 2 saturated heterocycles. The number of carbonyl (C=O) groups excluding carboxylic acids is 5. The molecule has 2 N–H and O–H groups in total. The lowest BCUT2D eigenvalue weighted by atomic mass is 9.78. The van der Waals surface area contributed by atoms with Crippen molar-refractivity contribution in [3.63, 3.8) is 0 Å². The second kappa shape index (κ2) is 36.8. The first-order chi connectivity index (χ1) is 40.7. The summed E-state index contributed by atoms with van der Waals surface area (Å²) in [6, 6.07) is -1.15. The van der Waals surface area contributed by atoms with Gasteiger partial charge in [-0.3, -0.25) is 19.2 Å². The van der Waals surface area contributed by atoms with Crippen LogP contribution in [-0.4, -0.2) is 188 Å². The highest BCUT2D eigenvalue weighted by atomic mass is 16.6. The molecule has 0 aromatic carbocycles. The third kappa shape index (κ3) is 22.0. The summed E-state index contributed by atoms with van der Waals surface area (Å²) in [6.45, 7) is 19.3. The highest BCUT2D eigenvalue weighted by molar-refractivity contribution is 6.39. The number of hydrogen-bond donors (Lipinski definition) is 2. The van der Waals surface area contributed by atoms with E-state index in [2.05, 4.69) is 10.3 Å². The number of esters is 1. The van der Waals surface area contributed by atoms with Gasteiger partial charge in [0.25, 0.3) is 11.7 Å². The maximum atomic E-state index is 14.7. The van der Waals surface area contributed by atoms with Crippen LogP contribution < -0.4 is 0 Å². The minimum atomic E-state index is -2.44. The largest absolute Gasteiger partial charge is 0.460 e. The van der Waals surface area contributed by atoms with Crippen molar-refractivity contribution >= 4 is 29.2 Å². The van der Waals surface area contributed by atoms with Crippen LogP contribution in [0.15, 0.2) is 53.8 Å². The van der Waals surface area contributed by atoms with E-state index in [4.69, 9.17) is 42.6 Å². The summed E-state index contributed by atoms with van der Waals surface area (Å²) >= 11 is 0. The lowest BCUT2D eigenvalue weighted by Gasteiger charge is -2.42. The normalized spacial score (nSPS) is 33.7. The Bertz CT molecular complexity index is 2360. The van der Waals surface area contributed by atoms with Gasteiger partial charge < -0.3 is 57.7 Å². The summed E-state index contributed by atoms with van der Waals surface area (Å²) in [6.07, 6.45) is 16.6. The lowest BCUT2D eigenvalue weighted by Crippen LogP contribution is -2.61. The molecule has 1 aromatic heterocycles. The zero-order chi connectivity index (χ0) is 62.1. The maximum absolute atomic E-state index is 14.7. The van der Waals surface area contributed by atoms with Crippen LogP contribution in [0, 0.1) is 35.5 Å². The fourth-order valence-corrected chi connectivity index (χ4v) is 12.2. The standard InChI is InChI=1S/C65H104N4O16/c1-12-80-32-33-82-35-34-81-31-29-68-42-51(66-67-68)22-17-19-30-83-55-27-25-50(39-58(55)78-10)38-46(5)57-41-54(70)45(4)37-48(7)60(72)61(79-11)59(71)47(6)36-43(2)20-14-13-15-21-44(3)56(77-9)40-52-26-24-49(8)65(76,85-52)62(73)63(74)69-28-18-16-23-53(69)64(75)84-57/h13-15,20-21,37,42-43,45-47,49-50,52-53,55-58,60-61,72,76H,12,16-19,22-36,38-41H2,1-11H3/b15-13+,20-14+,44-21+,48-37+/t43-,45-,46-,47-,49-,50+,52+,53+,55-,56+,57+,58-,60-,61+,65-/m1/s1. The topological polar surface area (TPSA) is 243 Å². The number of aliphatic hydroxyl groups is 2. The average Bonchev–Trinajstić information content (AvgIpc) is 4.13. The van der Waals surface area contributed by atoms with E-state index < -0.39 is 77.8 Å². The highest BCUT2D eigenvalue weighted by Gasteiger charge is 2.53. The van der Waals surface area contributed by atoms with Crippen molar-refractivity contribution in [2.75, 3.05) is 74.1 Å². The molecule has 2 bridgehead atoms. The van der Waals surface area contributed by atoms with Gasteiger partial charge in [-0.15, -0.1) is 5.10 Å². The number of piperidine rings is 1. The molecule has 15 atom stereocenters. The molecule has 3 fully saturated rings. The van der Waals surface area contributed by atoms with E-state index in [0.717, 1.165) is 43.4 Å². The number of aliphatic hydroxyl groups excluding tert-OH is 1. The smallest absolute Gasteiger partial charge is 0.329 e. The summed E-state index contributed by atoms with van der Waals surface area (Å²) in [5, 5.41) is 32.3. The Morgan fingerprint density at radius 1 is 0.800 bits per heavy atom. The number of carbonyl (C=O) groups is 5. The molecular weight excluding hydrogens is 1090 g/mol. The van der Waals surface area contributed by atoms with Gasteiger partial charge in [0.2, 0.25) is 5.79 Å². The van der Waals surface area contributed by atoms with E-state index in [1.165, 1.54) is 12.0 Å². The lowest BCUT2D eigenvalue weighted by molar-refractivity contribution is -0.265. The number of amides is 1. The number of methoxy groups -OCH3 is 3. The number of fused-ring (bicyclic) bond motifs is 3. The van der Waals surface area contributed by atoms with Crippen molar-refractivity contribution in [1.82, 2.24) is 19.9 Å². The number of Topliss-reactive ketones (excluding diaryl/α,β-unsaturated/α-hetero) is 3. The van der Waals surface area contributed by atoms with Crippen molar-refractivity contribution in [2.45, 2.75) is 213 Å². The number of rotatable bonds is 22. The van der Waals surface area contributed by atoms with Gasteiger partial charge in [-0.1, -0.05) is 76.3 Å². The van der Waals surface area contributed by atoms with Crippen molar-refractivity contribution < 1.29 is 76.8 Å². The number of aromatic nitrogens is 3. The van der Waals surface area contributed by atoms with Crippen LogP contribution in [0.5, 0.6) is 0 Å². The molecule has 3 aliphatic heterocycles. The molecule has 4 heterocycles. The molecule has 5 rings (SSSR count). The van der Waals surface area contributed by atoms with Crippen molar-refractivity contribution in [1.29, 1.82) is 0 Å². The summed E-state index contributed by atoms with van der Waals surface area (Å²) in [7, 11) is 4.66. The molecule has 0 radical (unpaired) electrons. The molecule has 1 aliphatic carbocycles. The number of nitrogens with zero attached hydrogens (tertiary/aromatic N) is 4. The highest BCUT2D eigenvalue weighted by Crippen LogP contribution is 2.38. The fourth-order valence-electron chi connectivity index (χ4n) is 12.2. The number of unbranched alkanes of at least 4 members (excludes halogenated alkanes) is 1. The predicted octanol–water partition coefficient (Wildman–Crippen LogP) is 7.89.